The number of esters is 3. The first-order valence-electron chi connectivity index (χ1n) is 14.6. The van der Waals surface area contributed by atoms with Gasteiger partial charge in [-0.05, 0) is 96.5 Å². The van der Waals surface area contributed by atoms with E-state index in [2.05, 4.69) is 15.3 Å². The summed E-state index contributed by atoms with van der Waals surface area (Å²) in [6.45, 7) is 9.51. The summed E-state index contributed by atoms with van der Waals surface area (Å²) in [5.74, 6) is -2.95. The first-order chi connectivity index (χ1) is 21.6. The molecular weight excluding hydrogens is 592 g/mol. The van der Waals surface area contributed by atoms with Crippen LogP contribution in [0, 0.1) is 5.41 Å². The standard InChI is InChI=1S/C34H36N4O8/c1-32(2,3)45-30(42)34(31(43)46-33(4,5)6,18-20-38-28(40)27-25(36-37-38)13-10-19-35-27)21-26(39)22-14-16-24(17-15-22)44-29(41)23-11-8-7-9-12-23/h7-17,19H,18,20-21H2,1-6H3. The van der Waals surface area contributed by atoms with Gasteiger partial charge in [0.05, 0.1) is 5.56 Å². The summed E-state index contributed by atoms with van der Waals surface area (Å²) < 4.78 is 17.8. The monoisotopic (exact) mass is 628 g/mol. The Hall–Kier alpha value is -5.26. The highest BCUT2D eigenvalue weighted by molar-refractivity contribution is 6.08. The normalized spacial score (nSPS) is 12.0. The minimum absolute atomic E-state index is 0.0572. The number of aryl methyl sites for hydroxylation is 1. The van der Waals surface area contributed by atoms with Gasteiger partial charge in [0.25, 0.3) is 5.56 Å². The van der Waals surface area contributed by atoms with Crippen molar-refractivity contribution in [3.63, 3.8) is 0 Å². The first kappa shape index (κ1) is 33.6. The van der Waals surface area contributed by atoms with Crippen molar-refractivity contribution in [3.05, 3.63) is 94.4 Å². The number of carbonyl (C=O) groups is 4. The van der Waals surface area contributed by atoms with Crippen LogP contribution in [-0.2, 0) is 25.6 Å². The van der Waals surface area contributed by atoms with Crippen LogP contribution in [0.5, 0.6) is 5.75 Å². The Kier molecular flexibility index (Phi) is 9.79. The molecule has 0 aliphatic heterocycles. The molecule has 4 aromatic rings. The second kappa shape index (κ2) is 13.4. The Morgan fingerprint density at radius 1 is 0.761 bits per heavy atom. The fourth-order valence-corrected chi connectivity index (χ4v) is 4.45. The maximum Gasteiger partial charge on any atom is 0.343 e. The molecule has 12 heteroatoms. The average molecular weight is 629 g/mol. The number of benzene rings is 2. The Balaban J connectivity index is 1.68. The zero-order valence-electron chi connectivity index (χ0n) is 26.6. The van der Waals surface area contributed by atoms with E-state index < -0.39 is 52.3 Å². The molecule has 46 heavy (non-hydrogen) atoms. The molecule has 0 aliphatic rings. The van der Waals surface area contributed by atoms with Crippen LogP contribution in [0.15, 0.2) is 77.7 Å². The van der Waals surface area contributed by atoms with E-state index in [1.165, 1.54) is 30.5 Å². The summed E-state index contributed by atoms with van der Waals surface area (Å²) in [7, 11) is 0. The summed E-state index contributed by atoms with van der Waals surface area (Å²) in [5, 5.41) is 7.98. The van der Waals surface area contributed by atoms with Crippen molar-refractivity contribution in [2.45, 2.75) is 72.1 Å². The van der Waals surface area contributed by atoms with Gasteiger partial charge in [0, 0.05) is 24.7 Å². The van der Waals surface area contributed by atoms with E-state index in [1.54, 1.807) is 84.0 Å². The molecule has 12 nitrogen and oxygen atoms in total. The summed E-state index contributed by atoms with van der Waals surface area (Å²) >= 11 is 0. The number of pyridine rings is 1. The van der Waals surface area contributed by atoms with Gasteiger partial charge in [-0.25, -0.2) is 14.5 Å². The number of Topliss-reactive ketones (excluding diaryl/α,β-unsaturated/α-hetero) is 1. The number of fused-ring (bicyclic) bond motifs is 1. The molecule has 0 saturated heterocycles. The number of hydrogen-bond donors (Lipinski definition) is 0. The predicted molar refractivity (Wildman–Crippen MR) is 167 cm³/mol. The quantitative estimate of drug-likeness (QED) is 0.103. The summed E-state index contributed by atoms with van der Waals surface area (Å²) in [6.07, 6.45) is 0.421. The lowest BCUT2D eigenvalue weighted by atomic mass is 9.78. The fourth-order valence-electron chi connectivity index (χ4n) is 4.45. The van der Waals surface area contributed by atoms with Crippen LogP contribution in [0.25, 0.3) is 11.0 Å². The van der Waals surface area contributed by atoms with E-state index in [0.717, 1.165) is 4.68 Å². The molecule has 0 amide bonds. The molecule has 2 aromatic carbocycles. The zero-order valence-corrected chi connectivity index (χ0v) is 26.6. The van der Waals surface area contributed by atoms with Crippen LogP contribution in [0.4, 0.5) is 0 Å². The number of ketones is 1. The van der Waals surface area contributed by atoms with Crippen LogP contribution in [0.3, 0.4) is 0 Å². The Bertz CT molecular complexity index is 1780. The summed E-state index contributed by atoms with van der Waals surface area (Å²) in [6, 6.07) is 17.3. The van der Waals surface area contributed by atoms with Gasteiger partial charge in [0.1, 0.15) is 22.5 Å². The van der Waals surface area contributed by atoms with Gasteiger partial charge >= 0.3 is 17.9 Å². The van der Waals surface area contributed by atoms with E-state index >= 15 is 0 Å². The highest BCUT2D eigenvalue weighted by Gasteiger charge is 2.52. The van der Waals surface area contributed by atoms with Crippen molar-refractivity contribution in [2.75, 3.05) is 0 Å². The molecule has 2 aromatic heterocycles. The Morgan fingerprint density at radius 3 is 1.96 bits per heavy atom. The summed E-state index contributed by atoms with van der Waals surface area (Å²) in [4.78, 5) is 71.3. The van der Waals surface area contributed by atoms with Gasteiger partial charge in [0.2, 0.25) is 0 Å². The lowest BCUT2D eigenvalue weighted by molar-refractivity contribution is -0.186. The number of ether oxygens (including phenoxy) is 3. The van der Waals surface area contributed by atoms with Crippen LogP contribution in [0.2, 0.25) is 0 Å². The van der Waals surface area contributed by atoms with Crippen LogP contribution in [-0.4, -0.2) is 54.9 Å². The molecule has 0 aliphatic carbocycles. The maximum absolute atomic E-state index is 13.9. The zero-order chi connectivity index (χ0) is 33.7. The Labute approximate surface area is 265 Å². The Morgan fingerprint density at radius 2 is 1.37 bits per heavy atom. The molecule has 0 unspecified atom stereocenters. The second-order valence-electron chi connectivity index (χ2n) is 12.7. The molecule has 0 spiro atoms. The molecule has 4 rings (SSSR count). The average Bonchev–Trinajstić information content (AvgIpc) is 2.99. The molecule has 0 bridgehead atoms. The van der Waals surface area contributed by atoms with Gasteiger partial charge in [-0.2, -0.15) is 0 Å². The van der Waals surface area contributed by atoms with Crippen LogP contribution < -0.4 is 10.3 Å². The van der Waals surface area contributed by atoms with Crippen molar-refractivity contribution in [1.29, 1.82) is 0 Å². The lowest BCUT2D eigenvalue weighted by Crippen LogP contribution is -2.49. The first-order valence-corrected chi connectivity index (χ1v) is 14.6. The van der Waals surface area contributed by atoms with Crippen molar-refractivity contribution >= 4 is 34.7 Å². The van der Waals surface area contributed by atoms with Gasteiger partial charge in [-0.3, -0.25) is 19.2 Å². The van der Waals surface area contributed by atoms with E-state index in [4.69, 9.17) is 14.2 Å². The topological polar surface area (TPSA) is 157 Å². The lowest BCUT2D eigenvalue weighted by Gasteiger charge is -2.34. The predicted octanol–water partition coefficient (Wildman–Crippen LogP) is 4.74. The molecule has 240 valence electrons. The highest BCUT2D eigenvalue weighted by Crippen LogP contribution is 2.36. The highest BCUT2D eigenvalue weighted by atomic mass is 16.6. The number of carbonyl (C=O) groups excluding carboxylic acids is 4. The van der Waals surface area contributed by atoms with Crippen molar-refractivity contribution < 1.29 is 33.4 Å². The third-order valence-corrected chi connectivity index (χ3v) is 6.67. The third-order valence-electron chi connectivity index (χ3n) is 6.67. The van der Waals surface area contributed by atoms with Gasteiger partial charge in [-0.15, -0.1) is 5.10 Å². The number of rotatable bonds is 10. The van der Waals surface area contributed by atoms with E-state index in [-0.39, 0.29) is 35.3 Å². The SMILES string of the molecule is CC(C)(C)OC(=O)C(CCn1nnc2cccnc2c1=O)(CC(=O)c1ccc(OC(=O)c2ccccc2)cc1)C(=O)OC(C)(C)C. The number of nitrogens with zero attached hydrogens (tertiary/aromatic N) is 4. The largest absolute Gasteiger partial charge is 0.459 e. The minimum atomic E-state index is -2.17. The number of hydrogen-bond acceptors (Lipinski definition) is 11. The van der Waals surface area contributed by atoms with E-state index in [9.17, 15) is 24.0 Å². The molecular formula is C34H36N4O8. The van der Waals surface area contributed by atoms with Gasteiger partial charge in [-0.1, -0.05) is 23.4 Å². The summed E-state index contributed by atoms with van der Waals surface area (Å²) in [5.41, 5.74) is -3.97. The van der Waals surface area contributed by atoms with Gasteiger partial charge < -0.3 is 14.2 Å². The van der Waals surface area contributed by atoms with Crippen molar-refractivity contribution in [2.24, 2.45) is 5.41 Å². The minimum Gasteiger partial charge on any atom is -0.459 e. The number of aromatic nitrogens is 4. The fraction of sp³-hybridized carbons (Fsp3) is 0.353. The van der Waals surface area contributed by atoms with Crippen LogP contribution >= 0.6 is 0 Å². The molecule has 0 N–H and O–H groups in total. The maximum atomic E-state index is 13.9. The molecule has 2 heterocycles. The van der Waals surface area contributed by atoms with Gasteiger partial charge in [0.15, 0.2) is 16.7 Å². The van der Waals surface area contributed by atoms with E-state index in [0.29, 0.717) is 5.56 Å². The molecule has 0 radical (unpaired) electrons. The van der Waals surface area contributed by atoms with Crippen LogP contribution in [0.1, 0.15) is 75.1 Å². The molecule has 0 atom stereocenters. The second-order valence-corrected chi connectivity index (χ2v) is 12.7. The molecule has 0 saturated carbocycles. The van der Waals surface area contributed by atoms with Crippen molar-refractivity contribution in [3.8, 4) is 5.75 Å². The van der Waals surface area contributed by atoms with Crippen molar-refractivity contribution in [1.82, 2.24) is 20.0 Å². The molecule has 0 fully saturated rings. The van der Waals surface area contributed by atoms with E-state index in [1.807, 2.05) is 0 Å². The smallest absolute Gasteiger partial charge is 0.343 e. The third kappa shape index (κ3) is 8.26.